The number of aromatic nitrogens is 2. The molecular formula is C30H30ClN5O2S. The summed E-state index contributed by atoms with van der Waals surface area (Å²) in [6, 6.07) is 21.2. The summed E-state index contributed by atoms with van der Waals surface area (Å²) in [5.41, 5.74) is 6.47. The molecule has 2 unspecified atom stereocenters. The van der Waals surface area contributed by atoms with Crippen LogP contribution in [0.3, 0.4) is 0 Å². The van der Waals surface area contributed by atoms with Gasteiger partial charge in [-0.05, 0) is 74.1 Å². The Bertz CT molecular complexity index is 1540. The highest BCUT2D eigenvalue weighted by molar-refractivity contribution is 7.80. The fraction of sp³-hybridized carbons (Fsp3) is 0.233. The van der Waals surface area contributed by atoms with E-state index in [2.05, 4.69) is 45.0 Å². The molecule has 1 fully saturated rings. The number of aryl methyl sites for hydroxylation is 1. The molecule has 200 valence electrons. The molecule has 1 aliphatic rings. The van der Waals surface area contributed by atoms with Crippen LogP contribution < -0.4 is 20.3 Å². The fourth-order valence-electron chi connectivity index (χ4n) is 5.21. The lowest BCUT2D eigenvalue weighted by atomic mass is 9.96. The lowest BCUT2D eigenvalue weighted by molar-refractivity contribution is -0.115. The highest BCUT2D eigenvalue weighted by Crippen LogP contribution is 2.45. The second kappa shape index (κ2) is 11.1. The van der Waals surface area contributed by atoms with E-state index in [1.54, 1.807) is 13.3 Å². The Morgan fingerprint density at radius 3 is 2.59 bits per heavy atom. The van der Waals surface area contributed by atoms with Gasteiger partial charge in [0, 0.05) is 35.8 Å². The predicted molar refractivity (Wildman–Crippen MR) is 160 cm³/mol. The van der Waals surface area contributed by atoms with E-state index < -0.39 is 0 Å². The van der Waals surface area contributed by atoms with E-state index in [-0.39, 0.29) is 18.0 Å². The van der Waals surface area contributed by atoms with Crippen molar-refractivity contribution >= 4 is 46.2 Å². The van der Waals surface area contributed by atoms with Gasteiger partial charge in [-0.3, -0.25) is 9.78 Å². The van der Waals surface area contributed by atoms with Crippen molar-refractivity contribution in [2.45, 2.75) is 39.3 Å². The maximum absolute atomic E-state index is 12.1. The summed E-state index contributed by atoms with van der Waals surface area (Å²) in [6.07, 6.45) is 2.17. The van der Waals surface area contributed by atoms with Gasteiger partial charge in [0.05, 0.1) is 41.3 Å². The summed E-state index contributed by atoms with van der Waals surface area (Å²) in [4.78, 5) is 18.8. The monoisotopic (exact) mass is 559 g/mol. The maximum Gasteiger partial charge on any atom is 0.224 e. The van der Waals surface area contributed by atoms with Crippen molar-refractivity contribution in [2.24, 2.45) is 0 Å². The number of carbonyl (C=O) groups is 1. The quantitative estimate of drug-likeness (QED) is 0.246. The van der Waals surface area contributed by atoms with Gasteiger partial charge in [-0.15, -0.1) is 0 Å². The van der Waals surface area contributed by atoms with Crippen LogP contribution in [0.1, 0.15) is 48.1 Å². The molecule has 5 rings (SSSR count). The molecule has 0 aliphatic carbocycles. The highest BCUT2D eigenvalue weighted by atomic mass is 35.5. The standard InChI is InChI=1S/C30H30ClN5O2S/c1-5-27(37)33-23-14-13-20(17-26(23)38-4)36-29(28(34-30(36)39)24-11-8-9-15-32-24)21-16-18(2)35(19(21)3)25-12-7-6-10-22(25)31/h6-17,28-29H,5H2,1-4H3,(H,33,37)(H,34,39). The maximum atomic E-state index is 12.1. The van der Waals surface area contributed by atoms with Crippen LogP contribution in [0.2, 0.25) is 5.02 Å². The molecule has 1 saturated heterocycles. The number of halogens is 1. The van der Waals surface area contributed by atoms with Crippen molar-refractivity contribution in [2.75, 3.05) is 17.3 Å². The Balaban J connectivity index is 1.66. The average molecular weight is 560 g/mol. The number of methoxy groups -OCH3 is 1. The number of nitrogens with zero attached hydrogens (tertiary/aromatic N) is 3. The summed E-state index contributed by atoms with van der Waals surface area (Å²) in [5, 5.41) is 7.67. The number of anilines is 2. The van der Waals surface area contributed by atoms with E-state index >= 15 is 0 Å². The molecule has 2 atom stereocenters. The van der Waals surface area contributed by atoms with Crippen LogP contribution in [0.4, 0.5) is 11.4 Å². The molecule has 39 heavy (non-hydrogen) atoms. The third kappa shape index (κ3) is 4.97. The molecule has 0 saturated carbocycles. The SMILES string of the molecule is CCC(=O)Nc1ccc(N2C(=S)NC(c3ccccn3)C2c2cc(C)n(-c3ccccc3Cl)c2C)cc1OC. The number of benzene rings is 2. The fourth-order valence-corrected chi connectivity index (χ4v) is 5.78. The second-order valence-corrected chi connectivity index (χ2v) is 10.2. The van der Waals surface area contributed by atoms with Crippen LogP contribution >= 0.6 is 23.8 Å². The molecule has 0 radical (unpaired) electrons. The Morgan fingerprint density at radius 1 is 1.13 bits per heavy atom. The molecule has 0 bridgehead atoms. The van der Waals surface area contributed by atoms with Gasteiger partial charge in [-0.2, -0.15) is 0 Å². The smallest absolute Gasteiger partial charge is 0.224 e. The molecule has 1 amide bonds. The zero-order chi connectivity index (χ0) is 27.7. The zero-order valence-electron chi connectivity index (χ0n) is 22.2. The first-order valence-corrected chi connectivity index (χ1v) is 13.5. The largest absolute Gasteiger partial charge is 0.494 e. The number of pyridine rings is 1. The van der Waals surface area contributed by atoms with Crippen LogP contribution in [0, 0.1) is 13.8 Å². The van der Waals surface area contributed by atoms with Crippen LogP contribution in [0.5, 0.6) is 5.75 Å². The van der Waals surface area contributed by atoms with Gasteiger partial charge in [0.2, 0.25) is 5.91 Å². The van der Waals surface area contributed by atoms with Crippen LogP contribution in [0.25, 0.3) is 5.69 Å². The third-order valence-electron chi connectivity index (χ3n) is 7.04. The number of hydrogen-bond donors (Lipinski definition) is 2. The van der Waals surface area contributed by atoms with Crippen molar-refractivity contribution in [1.29, 1.82) is 0 Å². The van der Waals surface area contributed by atoms with Crippen LogP contribution in [0.15, 0.2) is 72.9 Å². The molecule has 0 spiro atoms. The summed E-state index contributed by atoms with van der Waals surface area (Å²) in [6.45, 7) is 5.99. The van der Waals surface area contributed by atoms with Crippen molar-refractivity contribution in [3.63, 3.8) is 0 Å². The summed E-state index contributed by atoms with van der Waals surface area (Å²) < 4.78 is 7.84. The van der Waals surface area contributed by atoms with E-state index in [0.29, 0.717) is 28.0 Å². The van der Waals surface area contributed by atoms with Crippen molar-refractivity contribution in [3.8, 4) is 11.4 Å². The first kappa shape index (κ1) is 26.7. The molecular weight excluding hydrogens is 530 g/mol. The Morgan fingerprint density at radius 2 is 1.90 bits per heavy atom. The van der Waals surface area contributed by atoms with Gasteiger partial charge in [0.1, 0.15) is 5.75 Å². The number of rotatable bonds is 7. The molecule has 4 aromatic rings. The van der Waals surface area contributed by atoms with E-state index in [1.807, 2.05) is 67.6 Å². The van der Waals surface area contributed by atoms with Gasteiger partial charge < -0.3 is 24.8 Å². The van der Waals surface area contributed by atoms with E-state index in [4.69, 9.17) is 28.6 Å². The van der Waals surface area contributed by atoms with Crippen molar-refractivity contribution in [3.05, 3.63) is 101 Å². The molecule has 2 N–H and O–H groups in total. The average Bonchev–Trinajstić information content (AvgIpc) is 3.44. The number of hydrogen-bond acceptors (Lipinski definition) is 4. The number of para-hydroxylation sites is 1. The Kier molecular flexibility index (Phi) is 7.59. The second-order valence-electron chi connectivity index (χ2n) is 9.40. The number of carbonyl (C=O) groups excluding carboxylic acids is 1. The lowest BCUT2D eigenvalue weighted by Gasteiger charge is -2.29. The highest BCUT2D eigenvalue weighted by Gasteiger charge is 2.42. The van der Waals surface area contributed by atoms with Gasteiger partial charge in [0.15, 0.2) is 5.11 Å². The minimum Gasteiger partial charge on any atom is -0.494 e. The van der Waals surface area contributed by atoms with E-state index in [9.17, 15) is 4.79 Å². The zero-order valence-corrected chi connectivity index (χ0v) is 23.8. The van der Waals surface area contributed by atoms with Gasteiger partial charge in [0.25, 0.3) is 0 Å². The first-order chi connectivity index (χ1) is 18.8. The summed E-state index contributed by atoms with van der Waals surface area (Å²) in [5.74, 6) is 0.471. The number of nitrogens with one attached hydrogen (secondary N) is 2. The number of thiocarbonyl (C=S) groups is 1. The minimum absolute atomic E-state index is 0.0838. The minimum atomic E-state index is -0.212. The third-order valence-corrected chi connectivity index (χ3v) is 7.67. The lowest BCUT2D eigenvalue weighted by Crippen LogP contribution is -2.29. The van der Waals surface area contributed by atoms with E-state index in [0.717, 1.165) is 34.0 Å². The van der Waals surface area contributed by atoms with Crippen molar-refractivity contribution < 1.29 is 9.53 Å². The topological polar surface area (TPSA) is 71.4 Å². The summed E-state index contributed by atoms with van der Waals surface area (Å²) in [7, 11) is 1.59. The Hall–Kier alpha value is -3.88. The molecule has 9 heteroatoms. The number of amides is 1. The number of ether oxygens (including phenoxy) is 1. The summed E-state index contributed by atoms with van der Waals surface area (Å²) >= 11 is 12.5. The van der Waals surface area contributed by atoms with Crippen LogP contribution in [-0.2, 0) is 4.79 Å². The Labute approximate surface area is 238 Å². The van der Waals surface area contributed by atoms with Gasteiger partial charge in [-0.1, -0.05) is 36.7 Å². The molecule has 2 aromatic heterocycles. The predicted octanol–water partition coefficient (Wildman–Crippen LogP) is 6.68. The molecule has 3 heterocycles. The van der Waals surface area contributed by atoms with Gasteiger partial charge >= 0.3 is 0 Å². The van der Waals surface area contributed by atoms with Crippen molar-refractivity contribution in [1.82, 2.24) is 14.9 Å². The molecule has 7 nitrogen and oxygen atoms in total. The first-order valence-electron chi connectivity index (χ1n) is 12.8. The van der Waals surface area contributed by atoms with Crippen LogP contribution in [-0.4, -0.2) is 27.7 Å². The van der Waals surface area contributed by atoms with E-state index in [1.165, 1.54) is 0 Å². The van der Waals surface area contributed by atoms with Gasteiger partial charge in [-0.25, -0.2) is 0 Å². The molecule has 2 aromatic carbocycles. The normalized spacial score (nSPS) is 16.7. The molecule has 1 aliphatic heterocycles.